The van der Waals surface area contributed by atoms with E-state index in [0.717, 1.165) is 23.9 Å². The van der Waals surface area contributed by atoms with Crippen molar-refractivity contribution in [1.29, 1.82) is 0 Å². The van der Waals surface area contributed by atoms with E-state index in [0.29, 0.717) is 0 Å². The van der Waals surface area contributed by atoms with Gasteiger partial charge < -0.3 is 5.32 Å². The van der Waals surface area contributed by atoms with Gasteiger partial charge in [-0.3, -0.25) is 4.57 Å². The largest absolute Gasteiger partial charge is 0.350 e. The van der Waals surface area contributed by atoms with Gasteiger partial charge in [0.1, 0.15) is 0 Å². The summed E-state index contributed by atoms with van der Waals surface area (Å²) in [5.41, 5.74) is 2.14. The molecule has 0 atom stereocenters. The number of benzene rings is 1. The number of anilines is 1. The predicted molar refractivity (Wildman–Crippen MR) is 84.7 cm³/mol. The quantitative estimate of drug-likeness (QED) is 0.779. The molecule has 0 aliphatic heterocycles. The maximum atomic E-state index is 4.57. The summed E-state index contributed by atoms with van der Waals surface area (Å²) in [5.74, 6) is 0.889. The Morgan fingerprint density at radius 2 is 1.90 bits per heavy atom. The molecule has 0 fully saturated rings. The minimum Gasteiger partial charge on any atom is -0.350 e. The Kier molecular flexibility index (Phi) is 3.56. The molecule has 3 rings (SSSR count). The topological polar surface area (TPSA) is 29.9 Å². The second-order valence-corrected chi connectivity index (χ2v) is 6.15. The zero-order valence-electron chi connectivity index (χ0n) is 11.6. The zero-order chi connectivity index (χ0) is 13.9. The van der Waals surface area contributed by atoms with E-state index in [9.17, 15) is 0 Å². The first-order valence-electron chi connectivity index (χ1n) is 6.63. The maximum absolute atomic E-state index is 4.57. The van der Waals surface area contributed by atoms with Crippen molar-refractivity contribution in [2.75, 3.05) is 5.32 Å². The number of aryl methyl sites for hydroxylation is 2. The Bertz CT molecular complexity index is 698. The van der Waals surface area contributed by atoms with Gasteiger partial charge in [-0.15, -0.1) is 11.3 Å². The Labute approximate surface area is 122 Å². The van der Waals surface area contributed by atoms with Crippen LogP contribution in [0.2, 0.25) is 0 Å². The Morgan fingerprint density at radius 3 is 2.60 bits per heavy atom. The number of hydrogen-bond acceptors (Lipinski definition) is 3. The molecule has 20 heavy (non-hydrogen) atoms. The van der Waals surface area contributed by atoms with Crippen molar-refractivity contribution in [3.05, 3.63) is 64.1 Å². The van der Waals surface area contributed by atoms with Gasteiger partial charge in [-0.2, -0.15) is 0 Å². The lowest BCUT2D eigenvalue weighted by molar-refractivity contribution is 1.01. The summed E-state index contributed by atoms with van der Waals surface area (Å²) in [7, 11) is 0. The average Bonchev–Trinajstić information content (AvgIpc) is 3.03. The lowest BCUT2D eigenvalue weighted by Gasteiger charge is -2.08. The van der Waals surface area contributed by atoms with Crippen molar-refractivity contribution in [1.82, 2.24) is 9.55 Å². The van der Waals surface area contributed by atoms with Crippen molar-refractivity contribution in [2.24, 2.45) is 0 Å². The van der Waals surface area contributed by atoms with Gasteiger partial charge in [0.2, 0.25) is 5.95 Å². The summed E-state index contributed by atoms with van der Waals surface area (Å²) in [6.07, 6.45) is 2.05. The summed E-state index contributed by atoms with van der Waals surface area (Å²) in [6.45, 7) is 4.95. The molecule has 1 aromatic carbocycles. The number of nitrogens with zero attached hydrogens (tertiary/aromatic N) is 2. The number of imidazole rings is 1. The second kappa shape index (κ2) is 5.51. The Balaban J connectivity index is 1.83. The van der Waals surface area contributed by atoms with Crippen LogP contribution in [-0.2, 0) is 6.54 Å². The molecule has 3 aromatic rings. The van der Waals surface area contributed by atoms with Gasteiger partial charge in [0.15, 0.2) is 0 Å². The SMILES string of the molecule is Cc1cn(-c2ccccc2)c(NCc2ccc(C)s2)n1. The average molecular weight is 283 g/mol. The zero-order valence-corrected chi connectivity index (χ0v) is 12.4. The first kappa shape index (κ1) is 12.9. The fraction of sp³-hybridized carbons (Fsp3) is 0.188. The van der Waals surface area contributed by atoms with Crippen LogP contribution in [0.15, 0.2) is 48.7 Å². The van der Waals surface area contributed by atoms with Gasteiger partial charge in [-0.1, -0.05) is 18.2 Å². The predicted octanol–water partition coefficient (Wildman–Crippen LogP) is 4.16. The van der Waals surface area contributed by atoms with Crippen LogP contribution in [0.3, 0.4) is 0 Å². The van der Waals surface area contributed by atoms with E-state index in [4.69, 9.17) is 0 Å². The molecule has 0 saturated heterocycles. The van der Waals surface area contributed by atoms with Crippen molar-refractivity contribution < 1.29 is 0 Å². The molecule has 0 bridgehead atoms. The van der Waals surface area contributed by atoms with Gasteiger partial charge in [0, 0.05) is 21.6 Å². The van der Waals surface area contributed by atoms with Crippen molar-refractivity contribution in [2.45, 2.75) is 20.4 Å². The fourth-order valence-electron chi connectivity index (χ4n) is 2.15. The number of para-hydroxylation sites is 1. The molecule has 2 heterocycles. The summed E-state index contributed by atoms with van der Waals surface area (Å²) in [4.78, 5) is 7.22. The van der Waals surface area contributed by atoms with E-state index in [1.165, 1.54) is 9.75 Å². The number of nitrogens with one attached hydrogen (secondary N) is 1. The monoisotopic (exact) mass is 283 g/mol. The molecule has 0 aliphatic rings. The van der Waals surface area contributed by atoms with Crippen molar-refractivity contribution >= 4 is 17.3 Å². The first-order chi connectivity index (χ1) is 9.72. The van der Waals surface area contributed by atoms with E-state index in [1.807, 2.05) is 36.5 Å². The minimum atomic E-state index is 0.807. The molecule has 4 heteroatoms. The third kappa shape index (κ3) is 2.75. The van der Waals surface area contributed by atoms with E-state index in [2.05, 4.69) is 52.3 Å². The molecule has 102 valence electrons. The maximum Gasteiger partial charge on any atom is 0.208 e. The second-order valence-electron chi connectivity index (χ2n) is 4.78. The molecule has 2 aromatic heterocycles. The molecule has 3 nitrogen and oxygen atoms in total. The Morgan fingerprint density at radius 1 is 1.10 bits per heavy atom. The highest BCUT2D eigenvalue weighted by Gasteiger charge is 2.07. The Hall–Kier alpha value is -2.07. The molecular weight excluding hydrogens is 266 g/mol. The summed E-state index contributed by atoms with van der Waals surface area (Å²) >= 11 is 1.82. The van der Waals surface area contributed by atoms with Crippen LogP contribution < -0.4 is 5.32 Å². The lowest BCUT2D eigenvalue weighted by Crippen LogP contribution is -2.05. The summed E-state index contributed by atoms with van der Waals surface area (Å²) in [6, 6.07) is 14.6. The normalized spacial score (nSPS) is 10.7. The van der Waals surface area contributed by atoms with Crippen LogP contribution in [0.1, 0.15) is 15.4 Å². The molecule has 0 aliphatic carbocycles. The lowest BCUT2D eigenvalue weighted by atomic mass is 10.3. The van der Waals surface area contributed by atoms with Crippen LogP contribution in [0.5, 0.6) is 0 Å². The highest BCUT2D eigenvalue weighted by molar-refractivity contribution is 7.11. The smallest absolute Gasteiger partial charge is 0.208 e. The van der Waals surface area contributed by atoms with Gasteiger partial charge in [-0.25, -0.2) is 4.98 Å². The van der Waals surface area contributed by atoms with Gasteiger partial charge in [0.25, 0.3) is 0 Å². The van der Waals surface area contributed by atoms with Crippen LogP contribution in [-0.4, -0.2) is 9.55 Å². The van der Waals surface area contributed by atoms with Crippen LogP contribution in [0.25, 0.3) is 5.69 Å². The molecular formula is C16H17N3S. The number of aromatic nitrogens is 2. The van der Waals surface area contributed by atoms with Crippen LogP contribution in [0, 0.1) is 13.8 Å². The molecule has 0 amide bonds. The van der Waals surface area contributed by atoms with Crippen molar-refractivity contribution in [3.63, 3.8) is 0 Å². The third-order valence-corrected chi connectivity index (χ3v) is 4.08. The summed E-state index contributed by atoms with van der Waals surface area (Å²) < 4.78 is 2.09. The first-order valence-corrected chi connectivity index (χ1v) is 7.44. The number of hydrogen-bond donors (Lipinski definition) is 1. The highest BCUT2D eigenvalue weighted by atomic mass is 32.1. The molecule has 0 saturated carbocycles. The number of rotatable bonds is 4. The van der Waals surface area contributed by atoms with Crippen LogP contribution in [0.4, 0.5) is 5.95 Å². The molecule has 0 unspecified atom stereocenters. The van der Waals surface area contributed by atoms with Gasteiger partial charge in [-0.05, 0) is 38.1 Å². The van der Waals surface area contributed by atoms with Gasteiger partial charge >= 0.3 is 0 Å². The summed E-state index contributed by atoms with van der Waals surface area (Å²) in [5, 5.41) is 3.42. The third-order valence-electron chi connectivity index (χ3n) is 3.08. The highest BCUT2D eigenvalue weighted by Crippen LogP contribution is 2.19. The standard InChI is InChI=1S/C16H17N3S/c1-12-11-19(14-6-4-3-5-7-14)16(18-12)17-10-15-9-8-13(2)20-15/h3-9,11H,10H2,1-2H3,(H,17,18). The van der Waals surface area contributed by atoms with Crippen molar-refractivity contribution in [3.8, 4) is 5.69 Å². The number of thiophene rings is 1. The van der Waals surface area contributed by atoms with E-state index in [-0.39, 0.29) is 0 Å². The minimum absolute atomic E-state index is 0.807. The van der Waals surface area contributed by atoms with E-state index in [1.54, 1.807) is 0 Å². The molecule has 0 radical (unpaired) electrons. The van der Waals surface area contributed by atoms with E-state index < -0.39 is 0 Å². The molecule has 0 spiro atoms. The molecule has 1 N–H and O–H groups in total. The van der Waals surface area contributed by atoms with Crippen LogP contribution >= 0.6 is 11.3 Å². The fourth-order valence-corrected chi connectivity index (χ4v) is 2.98. The van der Waals surface area contributed by atoms with Gasteiger partial charge in [0.05, 0.1) is 12.2 Å². The van der Waals surface area contributed by atoms with E-state index >= 15 is 0 Å².